The first kappa shape index (κ1) is 17.7. The lowest BCUT2D eigenvalue weighted by atomic mass is 9.75. The van der Waals surface area contributed by atoms with Crippen molar-refractivity contribution < 1.29 is 14.7 Å². The molecule has 5 nitrogen and oxygen atoms in total. The lowest BCUT2D eigenvalue weighted by Gasteiger charge is -2.39. The van der Waals surface area contributed by atoms with Crippen molar-refractivity contribution in [1.29, 1.82) is 0 Å². The molecule has 0 bridgehead atoms. The topological polar surface area (TPSA) is 60.9 Å². The molecular formula is C18H26N2O3S. The molecule has 0 aromatic carbocycles. The minimum absolute atomic E-state index is 0.0562. The zero-order valence-corrected chi connectivity index (χ0v) is 15.2. The smallest absolute Gasteiger partial charge is 0.246 e. The van der Waals surface area contributed by atoms with E-state index in [1.807, 2.05) is 24.5 Å². The van der Waals surface area contributed by atoms with Crippen LogP contribution in [0, 0.1) is 5.92 Å². The van der Waals surface area contributed by atoms with Gasteiger partial charge in [0.1, 0.15) is 5.54 Å². The molecule has 1 unspecified atom stereocenters. The second kappa shape index (κ2) is 7.02. The summed E-state index contributed by atoms with van der Waals surface area (Å²) in [7, 11) is 1.79. The summed E-state index contributed by atoms with van der Waals surface area (Å²) < 4.78 is 0. The van der Waals surface area contributed by atoms with E-state index in [2.05, 4.69) is 0 Å². The van der Waals surface area contributed by atoms with Crippen LogP contribution in [0.25, 0.3) is 0 Å². The molecule has 6 heteroatoms. The number of likely N-dealkylation sites (N-methyl/N-ethyl adjacent to an activating group) is 1. The molecular weight excluding hydrogens is 324 g/mol. The predicted octanol–water partition coefficient (Wildman–Crippen LogP) is 2.48. The molecule has 0 aromatic heterocycles. The minimum atomic E-state index is -1.03. The van der Waals surface area contributed by atoms with Crippen LogP contribution in [-0.2, 0) is 9.59 Å². The SMILES string of the molecule is CN1C(O)N(CC(=O)C2=CCC=CS2)C(=O)[C@]1(C)C1CCCCC1. The van der Waals surface area contributed by atoms with E-state index in [0.717, 1.165) is 32.1 Å². The summed E-state index contributed by atoms with van der Waals surface area (Å²) in [5.74, 6) is 0.0254. The van der Waals surface area contributed by atoms with Gasteiger partial charge in [-0.15, -0.1) is 0 Å². The molecule has 0 radical (unpaired) electrons. The van der Waals surface area contributed by atoms with Crippen molar-refractivity contribution in [2.75, 3.05) is 13.6 Å². The molecule has 1 N–H and O–H groups in total. The highest BCUT2D eigenvalue weighted by Gasteiger charge is 2.56. The number of Topliss-reactive ketones (excluding diaryl/α,β-unsaturated/α-hetero) is 1. The Bertz CT molecular complexity index is 583. The van der Waals surface area contributed by atoms with Crippen LogP contribution in [0.2, 0.25) is 0 Å². The Morgan fingerprint density at radius 3 is 2.71 bits per heavy atom. The van der Waals surface area contributed by atoms with Crippen molar-refractivity contribution in [3.63, 3.8) is 0 Å². The molecule has 2 fully saturated rings. The Morgan fingerprint density at radius 1 is 1.38 bits per heavy atom. The van der Waals surface area contributed by atoms with Crippen molar-refractivity contribution in [2.24, 2.45) is 5.92 Å². The van der Waals surface area contributed by atoms with Gasteiger partial charge in [-0.2, -0.15) is 0 Å². The number of hydrogen-bond acceptors (Lipinski definition) is 5. The van der Waals surface area contributed by atoms with Gasteiger partial charge in [0.15, 0.2) is 12.1 Å². The fourth-order valence-electron chi connectivity index (χ4n) is 4.09. The third-order valence-electron chi connectivity index (χ3n) is 5.77. The second-order valence-electron chi connectivity index (χ2n) is 7.09. The first-order valence-electron chi connectivity index (χ1n) is 8.73. The van der Waals surface area contributed by atoms with E-state index in [-0.39, 0.29) is 24.2 Å². The fourth-order valence-corrected chi connectivity index (χ4v) is 4.83. The third kappa shape index (κ3) is 2.95. The average molecular weight is 350 g/mol. The average Bonchev–Trinajstić information content (AvgIpc) is 2.79. The van der Waals surface area contributed by atoms with Crippen LogP contribution in [0.1, 0.15) is 45.4 Å². The van der Waals surface area contributed by atoms with E-state index in [1.54, 1.807) is 11.9 Å². The number of hydrogen-bond donors (Lipinski definition) is 1. The highest BCUT2D eigenvalue weighted by Crippen LogP contribution is 2.42. The molecule has 0 spiro atoms. The molecule has 3 aliphatic rings. The summed E-state index contributed by atoms with van der Waals surface area (Å²) in [6.45, 7) is 1.87. The van der Waals surface area contributed by atoms with E-state index in [1.165, 1.54) is 23.1 Å². The third-order valence-corrected chi connectivity index (χ3v) is 6.75. The van der Waals surface area contributed by atoms with Gasteiger partial charge in [0, 0.05) is 0 Å². The van der Waals surface area contributed by atoms with Crippen LogP contribution in [0.15, 0.2) is 22.5 Å². The van der Waals surface area contributed by atoms with Gasteiger partial charge >= 0.3 is 0 Å². The number of amides is 1. The van der Waals surface area contributed by atoms with Gasteiger partial charge in [-0.3, -0.25) is 14.5 Å². The van der Waals surface area contributed by atoms with E-state index in [0.29, 0.717) is 4.91 Å². The molecule has 1 aliphatic carbocycles. The largest absolute Gasteiger partial charge is 0.361 e. The maximum absolute atomic E-state index is 13.1. The quantitative estimate of drug-likeness (QED) is 0.844. The van der Waals surface area contributed by atoms with Crippen molar-refractivity contribution in [1.82, 2.24) is 9.80 Å². The molecule has 1 saturated carbocycles. The van der Waals surface area contributed by atoms with Gasteiger partial charge in [0.25, 0.3) is 0 Å². The first-order chi connectivity index (χ1) is 11.5. The maximum atomic E-state index is 13.1. The first-order valence-corrected chi connectivity index (χ1v) is 9.61. The molecule has 132 valence electrons. The number of allylic oxidation sites excluding steroid dienone is 2. The zero-order chi connectivity index (χ0) is 17.3. The molecule has 1 amide bonds. The fraction of sp³-hybridized carbons (Fsp3) is 0.667. The van der Waals surface area contributed by atoms with Gasteiger partial charge in [-0.1, -0.05) is 43.2 Å². The zero-order valence-electron chi connectivity index (χ0n) is 14.4. The highest BCUT2D eigenvalue weighted by atomic mass is 32.2. The van der Waals surface area contributed by atoms with Gasteiger partial charge < -0.3 is 5.11 Å². The van der Waals surface area contributed by atoms with Crippen LogP contribution in [0.5, 0.6) is 0 Å². The Morgan fingerprint density at radius 2 is 2.08 bits per heavy atom. The molecule has 2 heterocycles. The number of thioether (sulfide) groups is 1. The van der Waals surface area contributed by atoms with Crippen molar-refractivity contribution in [2.45, 2.75) is 57.3 Å². The second-order valence-corrected chi connectivity index (χ2v) is 8.04. The summed E-state index contributed by atoms with van der Waals surface area (Å²) in [6.07, 6.45) is 9.07. The van der Waals surface area contributed by atoms with Gasteiger partial charge in [-0.25, -0.2) is 4.90 Å². The van der Waals surface area contributed by atoms with E-state index in [9.17, 15) is 14.7 Å². The highest BCUT2D eigenvalue weighted by molar-refractivity contribution is 8.06. The summed E-state index contributed by atoms with van der Waals surface area (Å²) in [5.41, 5.74) is -0.714. The molecule has 2 atom stereocenters. The number of ketones is 1. The Kier molecular flexibility index (Phi) is 5.18. The summed E-state index contributed by atoms with van der Waals surface area (Å²) >= 11 is 1.38. The van der Waals surface area contributed by atoms with Crippen LogP contribution in [-0.4, -0.2) is 52.1 Å². The van der Waals surface area contributed by atoms with Crippen LogP contribution in [0.4, 0.5) is 0 Å². The van der Waals surface area contributed by atoms with Gasteiger partial charge in [0.05, 0.1) is 11.4 Å². The maximum Gasteiger partial charge on any atom is 0.246 e. The molecule has 24 heavy (non-hydrogen) atoms. The number of rotatable bonds is 4. The minimum Gasteiger partial charge on any atom is -0.361 e. The van der Waals surface area contributed by atoms with Crippen LogP contribution < -0.4 is 0 Å². The van der Waals surface area contributed by atoms with E-state index < -0.39 is 11.9 Å². The standard InChI is InChI=1S/C18H26N2O3S/c1-18(13-8-4-3-5-9-13)16(22)20(17(23)19(18)2)12-14(21)15-10-6-7-11-24-15/h7,10-11,13,17,23H,3-6,8-9,12H2,1-2H3/t17?,18-/m0/s1. The van der Waals surface area contributed by atoms with Crippen molar-refractivity contribution >= 4 is 23.5 Å². The van der Waals surface area contributed by atoms with Crippen LogP contribution in [0.3, 0.4) is 0 Å². The molecule has 3 rings (SSSR count). The van der Waals surface area contributed by atoms with Gasteiger partial charge in [-0.05, 0) is 44.6 Å². The Hall–Kier alpha value is -1.11. The molecule has 2 aliphatic heterocycles. The summed E-state index contributed by atoms with van der Waals surface area (Å²) in [6, 6.07) is 0. The Balaban J connectivity index is 1.76. The number of aliphatic hydroxyl groups excluding tert-OH is 1. The molecule has 1 saturated heterocycles. The lowest BCUT2D eigenvalue weighted by molar-refractivity contribution is -0.140. The monoisotopic (exact) mass is 350 g/mol. The number of carbonyl (C=O) groups is 2. The molecule has 0 aromatic rings. The normalized spacial score (nSPS) is 32.3. The van der Waals surface area contributed by atoms with Crippen molar-refractivity contribution in [3.05, 3.63) is 22.5 Å². The van der Waals surface area contributed by atoms with Crippen molar-refractivity contribution in [3.8, 4) is 0 Å². The summed E-state index contributed by atoms with van der Waals surface area (Å²) in [4.78, 5) is 29.3. The van der Waals surface area contributed by atoms with Gasteiger partial charge in [0.2, 0.25) is 5.91 Å². The van der Waals surface area contributed by atoms with Crippen LogP contribution >= 0.6 is 11.8 Å². The van der Waals surface area contributed by atoms with E-state index in [4.69, 9.17) is 0 Å². The predicted molar refractivity (Wildman–Crippen MR) is 94.9 cm³/mol. The lowest BCUT2D eigenvalue weighted by Crippen LogP contribution is -2.52. The van der Waals surface area contributed by atoms with E-state index >= 15 is 0 Å². The number of nitrogens with zero attached hydrogens (tertiary/aromatic N) is 2. The summed E-state index contributed by atoms with van der Waals surface area (Å²) in [5, 5.41) is 12.5. The number of aliphatic hydroxyl groups is 1. The Labute approximate surface area is 147 Å². The number of carbonyl (C=O) groups excluding carboxylic acids is 2.